The number of hydrogen-bond acceptors (Lipinski definition) is 6. The third-order valence-corrected chi connectivity index (χ3v) is 3.12. The Balaban J connectivity index is 3.03. The highest BCUT2D eigenvalue weighted by molar-refractivity contribution is 5.98. The molecule has 0 heterocycles. The zero-order valence-corrected chi connectivity index (χ0v) is 13.4. The van der Waals surface area contributed by atoms with Gasteiger partial charge in [-0.05, 0) is 32.0 Å². The fraction of sp³-hybridized carbons (Fsp3) is 0.375. The minimum absolute atomic E-state index is 0.0195. The number of benzene rings is 1. The summed E-state index contributed by atoms with van der Waals surface area (Å²) < 4.78 is 9.20. The van der Waals surface area contributed by atoms with E-state index in [-0.39, 0.29) is 5.70 Å². The maximum absolute atomic E-state index is 11.7. The van der Waals surface area contributed by atoms with E-state index in [0.717, 1.165) is 24.9 Å². The molecule has 0 aliphatic rings. The maximum Gasteiger partial charge on any atom is 0.354 e. The minimum Gasteiger partial charge on any atom is -0.466 e. The van der Waals surface area contributed by atoms with Crippen molar-refractivity contribution >= 4 is 23.3 Å². The van der Waals surface area contributed by atoms with Crippen LogP contribution in [-0.2, 0) is 19.1 Å². The van der Waals surface area contributed by atoms with Crippen molar-refractivity contribution in [1.29, 1.82) is 0 Å². The lowest BCUT2D eigenvalue weighted by molar-refractivity contribution is -0.138. The summed E-state index contributed by atoms with van der Waals surface area (Å²) in [5, 5.41) is 2.90. The molecule has 1 rings (SSSR count). The average molecular weight is 306 g/mol. The highest BCUT2D eigenvalue weighted by atomic mass is 16.5. The van der Waals surface area contributed by atoms with Crippen molar-refractivity contribution in [2.24, 2.45) is 0 Å². The third-order valence-electron chi connectivity index (χ3n) is 3.12. The first-order chi connectivity index (χ1) is 10.5. The van der Waals surface area contributed by atoms with Crippen molar-refractivity contribution in [3.63, 3.8) is 0 Å². The summed E-state index contributed by atoms with van der Waals surface area (Å²) in [6.45, 7) is 5.89. The maximum atomic E-state index is 11.7. The van der Waals surface area contributed by atoms with Gasteiger partial charge < -0.3 is 19.7 Å². The van der Waals surface area contributed by atoms with Crippen molar-refractivity contribution in [1.82, 2.24) is 0 Å². The van der Waals surface area contributed by atoms with Gasteiger partial charge in [0.1, 0.15) is 5.70 Å². The highest BCUT2D eigenvalue weighted by Crippen LogP contribution is 2.20. The molecular weight excluding hydrogens is 284 g/mol. The number of esters is 2. The number of hydrogen-bond donors (Lipinski definition) is 1. The molecule has 0 spiro atoms. The Morgan fingerprint density at radius 2 is 1.86 bits per heavy atom. The fourth-order valence-electron chi connectivity index (χ4n) is 1.96. The summed E-state index contributed by atoms with van der Waals surface area (Å²) in [5.74, 6) is -1.27. The van der Waals surface area contributed by atoms with Crippen molar-refractivity contribution in [3.05, 3.63) is 36.0 Å². The van der Waals surface area contributed by atoms with Gasteiger partial charge in [-0.2, -0.15) is 0 Å². The minimum atomic E-state index is -0.640. The number of nitrogens with zero attached hydrogens (tertiary/aromatic N) is 1. The van der Waals surface area contributed by atoms with E-state index < -0.39 is 11.9 Å². The van der Waals surface area contributed by atoms with Gasteiger partial charge in [-0.3, -0.25) is 0 Å². The monoisotopic (exact) mass is 306 g/mol. The quantitative estimate of drug-likeness (QED) is 0.615. The Kier molecular flexibility index (Phi) is 6.95. The van der Waals surface area contributed by atoms with E-state index >= 15 is 0 Å². The van der Waals surface area contributed by atoms with E-state index in [4.69, 9.17) is 0 Å². The Labute approximate surface area is 130 Å². The van der Waals surface area contributed by atoms with Gasteiger partial charge in [-0.15, -0.1) is 0 Å². The Morgan fingerprint density at radius 3 is 2.41 bits per heavy atom. The predicted octanol–water partition coefficient (Wildman–Crippen LogP) is 2.17. The van der Waals surface area contributed by atoms with Gasteiger partial charge in [0.15, 0.2) is 0 Å². The van der Waals surface area contributed by atoms with Gasteiger partial charge in [-0.1, -0.05) is 6.07 Å². The van der Waals surface area contributed by atoms with E-state index in [1.165, 1.54) is 14.2 Å². The second-order valence-corrected chi connectivity index (χ2v) is 4.42. The molecule has 120 valence electrons. The van der Waals surface area contributed by atoms with Crippen LogP contribution in [0.1, 0.15) is 13.8 Å². The number of carbonyl (C=O) groups is 2. The van der Waals surface area contributed by atoms with Gasteiger partial charge in [0.05, 0.1) is 20.3 Å². The smallest absolute Gasteiger partial charge is 0.354 e. The number of carbonyl (C=O) groups excluding carboxylic acids is 2. The summed E-state index contributed by atoms with van der Waals surface area (Å²) in [5.41, 5.74) is 1.73. The van der Waals surface area contributed by atoms with Gasteiger partial charge >= 0.3 is 11.9 Å². The van der Waals surface area contributed by atoms with E-state index in [0.29, 0.717) is 5.69 Å². The normalized spacial score (nSPS) is 10.8. The first-order valence-electron chi connectivity index (χ1n) is 7.05. The van der Waals surface area contributed by atoms with Crippen LogP contribution in [0.25, 0.3) is 0 Å². The van der Waals surface area contributed by atoms with Crippen molar-refractivity contribution in [3.8, 4) is 0 Å². The molecule has 0 unspecified atom stereocenters. The number of methoxy groups -OCH3 is 2. The molecular formula is C16H22N2O4. The van der Waals surface area contributed by atoms with Crippen LogP contribution in [-0.4, -0.2) is 39.2 Å². The molecule has 22 heavy (non-hydrogen) atoms. The summed E-state index contributed by atoms with van der Waals surface area (Å²) in [6.07, 6.45) is 1.07. The zero-order chi connectivity index (χ0) is 16.5. The molecule has 6 nitrogen and oxygen atoms in total. The Morgan fingerprint density at radius 1 is 1.18 bits per heavy atom. The van der Waals surface area contributed by atoms with Crippen LogP contribution in [0, 0.1) is 0 Å². The first-order valence-corrected chi connectivity index (χ1v) is 7.05. The molecule has 0 amide bonds. The van der Waals surface area contributed by atoms with Crippen LogP contribution < -0.4 is 10.2 Å². The molecule has 0 saturated heterocycles. The van der Waals surface area contributed by atoms with Crippen molar-refractivity contribution < 1.29 is 19.1 Å². The highest BCUT2D eigenvalue weighted by Gasteiger charge is 2.13. The van der Waals surface area contributed by atoms with E-state index in [1.807, 2.05) is 18.2 Å². The lowest BCUT2D eigenvalue weighted by Crippen LogP contribution is -2.22. The number of anilines is 2. The molecule has 0 radical (unpaired) electrons. The largest absolute Gasteiger partial charge is 0.466 e. The second kappa shape index (κ2) is 8.71. The third kappa shape index (κ3) is 4.80. The molecule has 1 aromatic rings. The lowest BCUT2D eigenvalue weighted by Gasteiger charge is -2.21. The molecule has 1 aromatic carbocycles. The molecule has 0 fully saturated rings. The molecule has 1 N–H and O–H groups in total. The average Bonchev–Trinajstić information content (AvgIpc) is 2.55. The molecule has 6 heteroatoms. The SMILES string of the molecule is CCN(CC)c1cccc(N/C(=C/C(=O)OC)C(=O)OC)c1. The summed E-state index contributed by atoms with van der Waals surface area (Å²) >= 11 is 0. The van der Waals surface area contributed by atoms with Crippen LogP contribution >= 0.6 is 0 Å². The lowest BCUT2D eigenvalue weighted by atomic mass is 10.2. The van der Waals surface area contributed by atoms with E-state index in [1.54, 1.807) is 6.07 Å². The first kappa shape index (κ1) is 17.6. The second-order valence-electron chi connectivity index (χ2n) is 4.42. The van der Waals surface area contributed by atoms with E-state index in [2.05, 4.69) is 33.5 Å². The zero-order valence-electron chi connectivity index (χ0n) is 13.4. The van der Waals surface area contributed by atoms with Crippen LogP contribution in [0.3, 0.4) is 0 Å². The Hall–Kier alpha value is -2.50. The van der Waals surface area contributed by atoms with Crippen LogP contribution in [0.15, 0.2) is 36.0 Å². The summed E-state index contributed by atoms with van der Waals surface area (Å²) in [6, 6.07) is 7.57. The number of nitrogens with one attached hydrogen (secondary N) is 1. The topological polar surface area (TPSA) is 67.9 Å². The molecule has 0 saturated carbocycles. The molecule has 0 atom stereocenters. The van der Waals surface area contributed by atoms with Crippen molar-refractivity contribution in [2.75, 3.05) is 37.5 Å². The van der Waals surface area contributed by atoms with Gasteiger partial charge in [0.2, 0.25) is 0 Å². The van der Waals surface area contributed by atoms with Crippen LogP contribution in [0.5, 0.6) is 0 Å². The predicted molar refractivity (Wildman–Crippen MR) is 85.7 cm³/mol. The van der Waals surface area contributed by atoms with Crippen molar-refractivity contribution in [2.45, 2.75) is 13.8 Å². The summed E-state index contributed by atoms with van der Waals surface area (Å²) in [7, 11) is 2.50. The summed E-state index contributed by atoms with van der Waals surface area (Å²) in [4.78, 5) is 25.2. The van der Waals surface area contributed by atoms with E-state index in [9.17, 15) is 9.59 Å². The molecule has 0 bridgehead atoms. The van der Waals surface area contributed by atoms with Crippen LogP contribution in [0.4, 0.5) is 11.4 Å². The fourth-order valence-corrected chi connectivity index (χ4v) is 1.96. The van der Waals surface area contributed by atoms with Gasteiger partial charge in [-0.25, -0.2) is 9.59 Å². The Bertz CT molecular complexity index is 551. The molecule has 0 aliphatic heterocycles. The number of ether oxygens (including phenoxy) is 2. The standard InChI is InChI=1S/C16H22N2O4/c1-5-18(6-2)13-9-7-8-12(10-13)17-14(16(20)22-4)11-15(19)21-3/h7-11,17H,5-6H2,1-4H3/b14-11+. The van der Waals surface area contributed by atoms with Gasteiger partial charge in [0, 0.05) is 24.5 Å². The molecule has 0 aromatic heterocycles. The van der Waals surface area contributed by atoms with Crippen LogP contribution in [0.2, 0.25) is 0 Å². The van der Waals surface area contributed by atoms with Gasteiger partial charge in [0.25, 0.3) is 0 Å². The molecule has 0 aliphatic carbocycles. The number of rotatable bonds is 7.